The summed E-state index contributed by atoms with van der Waals surface area (Å²) in [6.45, 7) is 2.30. The fourth-order valence-corrected chi connectivity index (χ4v) is 7.24. The number of nitrogens with zero attached hydrogens (tertiary/aromatic N) is 2. The molecule has 48 heavy (non-hydrogen) atoms. The average molecular weight is 693 g/mol. The number of aromatic nitrogens is 2. The van der Waals surface area contributed by atoms with Crippen molar-refractivity contribution in [2.45, 2.75) is 49.9 Å². The van der Waals surface area contributed by atoms with Crippen LogP contribution in [0.15, 0.2) is 77.4 Å². The van der Waals surface area contributed by atoms with Crippen LogP contribution in [0.25, 0.3) is 11.3 Å². The van der Waals surface area contributed by atoms with Crippen LogP contribution in [0.5, 0.6) is 5.88 Å². The third kappa shape index (κ3) is 7.00. The molecule has 0 saturated carbocycles. The second-order valence-corrected chi connectivity index (χ2v) is 12.8. The van der Waals surface area contributed by atoms with Gasteiger partial charge >= 0.3 is 0 Å². The highest BCUT2D eigenvalue weighted by molar-refractivity contribution is 6.35. The Hall–Kier alpha value is -4.16. The van der Waals surface area contributed by atoms with Crippen LogP contribution in [0, 0.1) is 0 Å². The summed E-state index contributed by atoms with van der Waals surface area (Å²) in [6, 6.07) is 13.7. The molecule has 2 amide bonds. The number of carbonyl (C=O) groups is 2. The Morgan fingerprint density at radius 1 is 0.896 bits per heavy atom. The van der Waals surface area contributed by atoms with Gasteiger partial charge in [-0.3, -0.25) is 14.6 Å². The van der Waals surface area contributed by atoms with Crippen LogP contribution in [0.2, 0.25) is 5.02 Å². The number of amides is 2. The molecule has 5 N–H and O–H groups in total. The summed E-state index contributed by atoms with van der Waals surface area (Å²) < 4.78 is 11.6. The lowest BCUT2D eigenvalue weighted by Gasteiger charge is -2.40. The maximum atomic E-state index is 11.6. The van der Waals surface area contributed by atoms with E-state index < -0.39 is 5.54 Å². The Morgan fingerprint density at radius 3 is 2.21 bits per heavy atom. The lowest BCUT2D eigenvalue weighted by molar-refractivity contribution is -0.120. The van der Waals surface area contributed by atoms with Gasteiger partial charge in [0, 0.05) is 85.8 Å². The van der Waals surface area contributed by atoms with Crippen LogP contribution in [0.3, 0.4) is 0 Å². The largest absolute Gasteiger partial charge is 0.482 e. The quantitative estimate of drug-likeness (QED) is 0.181. The molecular weight excluding hydrogens is 653 g/mol. The van der Waals surface area contributed by atoms with Crippen molar-refractivity contribution < 1.29 is 19.1 Å². The van der Waals surface area contributed by atoms with Crippen LogP contribution >= 0.6 is 23.2 Å². The number of carbonyl (C=O) groups excluding carboxylic acids is 2. The Labute approximate surface area is 289 Å². The van der Waals surface area contributed by atoms with E-state index in [-0.39, 0.29) is 23.9 Å². The molecule has 0 radical (unpaired) electrons. The topological polar surface area (TPSA) is 139 Å². The average Bonchev–Trinajstić information content (AvgIpc) is 3.72. The van der Waals surface area contributed by atoms with Crippen molar-refractivity contribution in [1.29, 1.82) is 0 Å². The van der Waals surface area contributed by atoms with E-state index in [2.05, 4.69) is 31.6 Å². The minimum Gasteiger partial charge on any atom is -0.482 e. The van der Waals surface area contributed by atoms with Gasteiger partial charge in [-0.25, -0.2) is 4.98 Å². The fourth-order valence-electron chi connectivity index (χ4n) is 6.49. The molecule has 0 spiro atoms. The molecule has 3 atom stereocenters. The van der Waals surface area contributed by atoms with E-state index in [1.54, 1.807) is 26.6 Å². The number of hydrogen-bond acceptors (Lipinski definition) is 9. The molecule has 2 fully saturated rings. The number of hydrogen-bond donors (Lipinski definition) is 5. The molecule has 0 aliphatic carbocycles. The highest BCUT2D eigenvalue weighted by atomic mass is 35.5. The van der Waals surface area contributed by atoms with Crippen LogP contribution < -0.4 is 31.3 Å². The number of halogens is 2. The van der Waals surface area contributed by atoms with Crippen molar-refractivity contribution in [3.8, 4) is 17.1 Å². The van der Waals surface area contributed by atoms with Gasteiger partial charge in [0.25, 0.3) is 0 Å². The maximum absolute atomic E-state index is 11.6. The maximum Gasteiger partial charge on any atom is 0.220 e. The smallest absolute Gasteiger partial charge is 0.220 e. The summed E-state index contributed by atoms with van der Waals surface area (Å²) >= 11 is 14.6. The minimum atomic E-state index is -1.10. The standard InChI is InChI=1S/C35H39Cl2N7O4/c1-47-33-21(17-39-19-24-7-10-30(45)41-24)6-9-28(43-33)26-4-3-5-27(32(26)37)35(23-12-14-38-15-13-23)29(36)16-22(34(44-35)48-2)18-40-20-25-8-11-31(46)42-25/h3-6,9,12-16,24-25,39-40,44H,7-8,10-11,17-20H2,1-2H3,(H,41,45)(H,42,46)/t24-,25+,35?/m1/s1. The van der Waals surface area contributed by atoms with Gasteiger partial charge in [-0.05, 0) is 42.7 Å². The van der Waals surface area contributed by atoms with Gasteiger partial charge in [-0.1, -0.05) is 47.5 Å². The summed E-state index contributed by atoms with van der Waals surface area (Å²) in [5.74, 6) is 1.19. The summed E-state index contributed by atoms with van der Waals surface area (Å²) in [6.07, 6.45) is 8.07. The Morgan fingerprint density at radius 2 is 1.58 bits per heavy atom. The zero-order valence-corrected chi connectivity index (χ0v) is 28.4. The van der Waals surface area contributed by atoms with Gasteiger partial charge in [0.1, 0.15) is 5.54 Å². The van der Waals surface area contributed by atoms with Crippen LogP contribution in [0.4, 0.5) is 0 Å². The second-order valence-electron chi connectivity index (χ2n) is 12.1. The molecule has 252 valence electrons. The van der Waals surface area contributed by atoms with E-state index in [1.165, 1.54) is 0 Å². The van der Waals surface area contributed by atoms with Gasteiger partial charge in [0.2, 0.25) is 17.7 Å². The molecule has 6 rings (SSSR count). The number of rotatable bonds is 13. The van der Waals surface area contributed by atoms with E-state index in [0.29, 0.717) is 77.7 Å². The monoisotopic (exact) mass is 691 g/mol. The lowest BCUT2D eigenvalue weighted by Crippen LogP contribution is -2.47. The number of pyridine rings is 2. The summed E-state index contributed by atoms with van der Waals surface area (Å²) in [5, 5.41) is 17.3. The van der Waals surface area contributed by atoms with E-state index >= 15 is 0 Å². The normalized spacial score (nSPS) is 22.2. The number of dihydropyridines is 1. The molecule has 2 saturated heterocycles. The first-order valence-corrected chi connectivity index (χ1v) is 16.7. The van der Waals surface area contributed by atoms with E-state index in [4.69, 9.17) is 37.7 Å². The molecule has 13 heteroatoms. The highest BCUT2D eigenvalue weighted by Gasteiger charge is 2.43. The van der Waals surface area contributed by atoms with Crippen molar-refractivity contribution in [2.75, 3.05) is 33.9 Å². The molecular formula is C35H39Cl2N7O4. The summed E-state index contributed by atoms with van der Waals surface area (Å²) in [4.78, 5) is 32.3. The van der Waals surface area contributed by atoms with Crippen LogP contribution in [-0.2, 0) is 26.4 Å². The zero-order valence-electron chi connectivity index (χ0n) is 26.9. The minimum absolute atomic E-state index is 0.0793. The van der Waals surface area contributed by atoms with E-state index in [0.717, 1.165) is 29.5 Å². The molecule has 2 aromatic heterocycles. The number of benzene rings is 1. The molecule has 1 aromatic carbocycles. The first-order chi connectivity index (χ1) is 23.3. The van der Waals surface area contributed by atoms with Crippen molar-refractivity contribution >= 4 is 35.0 Å². The lowest BCUT2D eigenvalue weighted by atomic mass is 9.79. The molecule has 5 heterocycles. The van der Waals surface area contributed by atoms with Crippen molar-refractivity contribution in [2.24, 2.45) is 0 Å². The first kappa shape index (κ1) is 33.7. The number of methoxy groups -OCH3 is 2. The van der Waals surface area contributed by atoms with Gasteiger partial charge in [-0.15, -0.1) is 0 Å². The van der Waals surface area contributed by atoms with Gasteiger partial charge < -0.3 is 36.1 Å². The van der Waals surface area contributed by atoms with Crippen molar-refractivity contribution in [3.05, 3.63) is 99.1 Å². The SMILES string of the molecule is COC1=C(CNC[C@@H]2CCC(=O)N2)C=C(Cl)C(c2ccncc2)(c2cccc(-c3ccc(CNC[C@H]4CCC(=O)N4)c(OC)n3)c2Cl)N1. The first-order valence-electron chi connectivity index (χ1n) is 16.0. The summed E-state index contributed by atoms with van der Waals surface area (Å²) in [7, 11) is 3.20. The van der Waals surface area contributed by atoms with E-state index in [9.17, 15) is 9.59 Å². The van der Waals surface area contributed by atoms with Crippen molar-refractivity contribution in [3.63, 3.8) is 0 Å². The van der Waals surface area contributed by atoms with Gasteiger partial charge in [0.15, 0.2) is 5.88 Å². The predicted molar refractivity (Wildman–Crippen MR) is 184 cm³/mol. The Bertz CT molecular complexity index is 1740. The second kappa shape index (κ2) is 14.9. The van der Waals surface area contributed by atoms with Gasteiger partial charge in [-0.2, -0.15) is 0 Å². The predicted octanol–water partition coefficient (Wildman–Crippen LogP) is 3.87. The van der Waals surface area contributed by atoms with Gasteiger partial charge in [0.05, 0.1) is 30.0 Å². The van der Waals surface area contributed by atoms with Crippen LogP contribution in [-0.4, -0.2) is 67.7 Å². The zero-order chi connectivity index (χ0) is 33.7. The Balaban J connectivity index is 1.29. The molecule has 1 unspecified atom stereocenters. The number of nitrogens with one attached hydrogen (secondary N) is 5. The van der Waals surface area contributed by atoms with Crippen molar-refractivity contribution in [1.82, 2.24) is 36.6 Å². The number of ether oxygens (including phenoxy) is 2. The third-order valence-electron chi connectivity index (χ3n) is 8.96. The highest BCUT2D eigenvalue weighted by Crippen LogP contribution is 2.47. The fraction of sp³-hybridized carbons (Fsp3) is 0.371. The molecule has 0 bridgehead atoms. The molecule has 3 aromatic rings. The van der Waals surface area contributed by atoms with Crippen LogP contribution in [0.1, 0.15) is 42.4 Å². The Kier molecular flexibility index (Phi) is 10.5. The van der Waals surface area contributed by atoms with E-state index in [1.807, 2.05) is 48.5 Å². The molecule has 11 nitrogen and oxygen atoms in total. The summed E-state index contributed by atoms with van der Waals surface area (Å²) in [5.41, 5.74) is 3.47. The third-order valence-corrected chi connectivity index (χ3v) is 9.76. The molecule has 3 aliphatic heterocycles. The molecule has 3 aliphatic rings.